The second-order valence-electron chi connectivity index (χ2n) is 5.48. The summed E-state index contributed by atoms with van der Waals surface area (Å²) in [5.41, 5.74) is 2.52. The molecule has 3 rings (SSSR count). The number of benzene rings is 1. The van der Waals surface area contributed by atoms with E-state index in [1.165, 1.54) is 36.9 Å². The van der Waals surface area contributed by atoms with E-state index in [2.05, 4.69) is 29.6 Å². The fraction of sp³-hybridized carbons (Fsp3) is 0.600. The van der Waals surface area contributed by atoms with Crippen LogP contribution in [0.1, 0.15) is 31.2 Å². The Morgan fingerprint density at radius 1 is 1.24 bits per heavy atom. The predicted octanol–water partition coefficient (Wildman–Crippen LogP) is 3.43. The van der Waals surface area contributed by atoms with Gasteiger partial charge in [-0.3, -0.25) is 0 Å². The third-order valence-corrected chi connectivity index (χ3v) is 3.83. The standard InChI is InChI=1S/C15H21NO/c1-17-10-11-3-2-4-14(9-11)16-15(12-5-6-12)13-7-8-13/h2-4,9,12-13,15-16H,5-8,10H2,1H3. The summed E-state index contributed by atoms with van der Waals surface area (Å²) >= 11 is 0. The third kappa shape index (κ3) is 2.81. The van der Waals surface area contributed by atoms with Crippen molar-refractivity contribution in [1.29, 1.82) is 0 Å². The van der Waals surface area contributed by atoms with Crippen molar-refractivity contribution in [2.45, 2.75) is 38.3 Å². The van der Waals surface area contributed by atoms with Gasteiger partial charge >= 0.3 is 0 Å². The Morgan fingerprint density at radius 3 is 2.53 bits per heavy atom. The fourth-order valence-electron chi connectivity index (χ4n) is 2.64. The lowest BCUT2D eigenvalue weighted by molar-refractivity contribution is 0.185. The number of ether oxygens (including phenoxy) is 1. The SMILES string of the molecule is COCc1cccc(NC(C2CC2)C2CC2)c1. The number of methoxy groups -OCH3 is 1. The zero-order valence-electron chi connectivity index (χ0n) is 10.5. The van der Waals surface area contributed by atoms with Crippen LogP contribution in [0.4, 0.5) is 5.69 Å². The molecular formula is C15H21NO. The van der Waals surface area contributed by atoms with Crippen molar-refractivity contribution in [2.75, 3.05) is 12.4 Å². The fourth-order valence-corrected chi connectivity index (χ4v) is 2.64. The summed E-state index contributed by atoms with van der Waals surface area (Å²) in [6, 6.07) is 9.37. The molecule has 0 radical (unpaired) electrons. The molecule has 0 spiro atoms. The molecule has 0 aromatic heterocycles. The highest BCUT2D eigenvalue weighted by Crippen LogP contribution is 2.45. The molecule has 1 N–H and O–H groups in total. The number of rotatable bonds is 6. The van der Waals surface area contributed by atoms with Crippen LogP contribution in [0.15, 0.2) is 24.3 Å². The van der Waals surface area contributed by atoms with Gasteiger partial charge in [0.1, 0.15) is 0 Å². The highest BCUT2D eigenvalue weighted by Gasteiger charge is 2.41. The molecule has 0 amide bonds. The van der Waals surface area contributed by atoms with Crippen molar-refractivity contribution in [3.8, 4) is 0 Å². The summed E-state index contributed by atoms with van der Waals surface area (Å²) in [5.74, 6) is 1.88. The molecule has 0 atom stereocenters. The highest BCUT2D eigenvalue weighted by atomic mass is 16.5. The predicted molar refractivity (Wildman–Crippen MR) is 70.0 cm³/mol. The minimum Gasteiger partial charge on any atom is -0.382 e. The monoisotopic (exact) mass is 231 g/mol. The maximum absolute atomic E-state index is 5.18. The second-order valence-corrected chi connectivity index (χ2v) is 5.48. The Labute approximate surface area is 103 Å². The molecule has 2 aliphatic rings. The third-order valence-electron chi connectivity index (χ3n) is 3.83. The normalized spacial score (nSPS) is 19.6. The lowest BCUT2D eigenvalue weighted by Gasteiger charge is -2.19. The van der Waals surface area contributed by atoms with Gasteiger partial charge in [0.15, 0.2) is 0 Å². The smallest absolute Gasteiger partial charge is 0.0713 e. The first-order valence-electron chi connectivity index (χ1n) is 6.71. The lowest BCUT2D eigenvalue weighted by Crippen LogP contribution is -2.24. The Kier molecular flexibility index (Phi) is 3.06. The van der Waals surface area contributed by atoms with E-state index in [-0.39, 0.29) is 0 Å². The van der Waals surface area contributed by atoms with Crippen LogP contribution in [0.3, 0.4) is 0 Å². The van der Waals surface area contributed by atoms with Crippen LogP contribution in [0.25, 0.3) is 0 Å². The van der Waals surface area contributed by atoms with Gasteiger partial charge < -0.3 is 10.1 Å². The molecule has 2 aliphatic carbocycles. The van der Waals surface area contributed by atoms with E-state index in [0.29, 0.717) is 6.61 Å². The van der Waals surface area contributed by atoms with Crippen molar-refractivity contribution in [3.63, 3.8) is 0 Å². The van der Waals surface area contributed by atoms with Crippen molar-refractivity contribution in [3.05, 3.63) is 29.8 Å². The molecule has 0 bridgehead atoms. The van der Waals surface area contributed by atoms with Gasteiger partial charge in [0.25, 0.3) is 0 Å². The molecule has 2 saturated carbocycles. The Morgan fingerprint density at radius 2 is 1.94 bits per heavy atom. The van der Waals surface area contributed by atoms with E-state index in [1.54, 1.807) is 7.11 Å². The summed E-state index contributed by atoms with van der Waals surface area (Å²) < 4.78 is 5.18. The quantitative estimate of drug-likeness (QED) is 0.810. The summed E-state index contributed by atoms with van der Waals surface area (Å²) in [6.07, 6.45) is 5.69. The molecule has 0 saturated heterocycles. The van der Waals surface area contributed by atoms with E-state index in [4.69, 9.17) is 4.74 Å². The number of hydrogen-bond donors (Lipinski definition) is 1. The number of nitrogens with one attached hydrogen (secondary N) is 1. The zero-order valence-corrected chi connectivity index (χ0v) is 10.5. The molecule has 0 aliphatic heterocycles. The first kappa shape index (κ1) is 11.1. The molecule has 1 aromatic carbocycles. The van der Waals surface area contributed by atoms with Gasteiger partial charge in [0, 0.05) is 18.8 Å². The largest absolute Gasteiger partial charge is 0.382 e. The highest BCUT2D eigenvalue weighted by molar-refractivity contribution is 5.47. The number of anilines is 1. The summed E-state index contributed by atoms with van der Waals surface area (Å²) in [5, 5.41) is 3.75. The van der Waals surface area contributed by atoms with Crippen LogP contribution in [-0.4, -0.2) is 13.2 Å². The van der Waals surface area contributed by atoms with Crippen LogP contribution in [0.2, 0.25) is 0 Å². The van der Waals surface area contributed by atoms with E-state index < -0.39 is 0 Å². The van der Waals surface area contributed by atoms with Gasteiger partial charge in [0.2, 0.25) is 0 Å². The first-order valence-corrected chi connectivity index (χ1v) is 6.71. The van der Waals surface area contributed by atoms with Gasteiger partial charge in [-0.05, 0) is 55.2 Å². The lowest BCUT2D eigenvalue weighted by atomic mass is 10.1. The van der Waals surface area contributed by atoms with Crippen LogP contribution in [0.5, 0.6) is 0 Å². The van der Waals surface area contributed by atoms with Crippen LogP contribution >= 0.6 is 0 Å². The molecule has 17 heavy (non-hydrogen) atoms. The first-order chi connectivity index (χ1) is 8.36. The van der Waals surface area contributed by atoms with Crippen molar-refractivity contribution < 1.29 is 4.74 Å². The van der Waals surface area contributed by atoms with Crippen molar-refractivity contribution in [2.24, 2.45) is 11.8 Å². The Bertz CT molecular complexity index is 370. The van der Waals surface area contributed by atoms with Gasteiger partial charge in [-0.1, -0.05) is 12.1 Å². The summed E-state index contributed by atoms with van der Waals surface area (Å²) in [4.78, 5) is 0. The molecule has 0 unspecified atom stereocenters. The topological polar surface area (TPSA) is 21.3 Å². The average molecular weight is 231 g/mol. The van der Waals surface area contributed by atoms with E-state index >= 15 is 0 Å². The zero-order chi connectivity index (χ0) is 11.7. The van der Waals surface area contributed by atoms with Gasteiger partial charge in [-0.25, -0.2) is 0 Å². The molecule has 2 heteroatoms. The van der Waals surface area contributed by atoms with Gasteiger partial charge in [0.05, 0.1) is 6.61 Å². The van der Waals surface area contributed by atoms with Crippen molar-refractivity contribution >= 4 is 5.69 Å². The maximum Gasteiger partial charge on any atom is 0.0713 e. The Hall–Kier alpha value is -1.02. The number of hydrogen-bond acceptors (Lipinski definition) is 2. The van der Waals surface area contributed by atoms with Crippen LogP contribution in [-0.2, 0) is 11.3 Å². The van der Waals surface area contributed by atoms with Gasteiger partial charge in [-0.2, -0.15) is 0 Å². The van der Waals surface area contributed by atoms with E-state index in [1.807, 2.05) is 0 Å². The molecular weight excluding hydrogens is 210 g/mol. The molecule has 2 nitrogen and oxygen atoms in total. The molecule has 2 fully saturated rings. The molecule has 1 aromatic rings. The minimum absolute atomic E-state index is 0.701. The summed E-state index contributed by atoms with van der Waals surface area (Å²) in [7, 11) is 1.75. The average Bonchev–Trinajstić information content (AvgIpc) is 3.19. The Balaban J connectivity index is 1.67. The summed E-state index contributed by atoms with van der Waals surface area (Å²) in [6.45, 7) is 0.701. The van der Waals surface area contributed by atoms with Crippen molar-refractivity contribution in [1.82, 2.24) is 0 Å². The maximum atomic E-state index is 5.18. The van der Waals surface area contributed by atoms with Crippen LogP contribution in [0, 0.1) is 11.8 Å². The van der Waals surface area contributed by atoms with E-state index in [0.717, 1.165) is 17.9 Å². The minimum atomic E-state index is 0.701. The van der Waals surface area contributed by atoms with E-state index in [9.17, 15) is 0 Å². The molecule has 0 heterocycles. The second kappa shape index (κ2) is 4.69. The van der Waals surface area contributed by atoms with Crippen LogP contribution < -0.4 is 5.32 Å². The molecule has 92 valence electrons. The van der Waals surface area contributed by atoms with Gasteiger partial charge in [-0.15, -0.1) is 0 Å².